The molecule has 2 rings (SSSR count). The fraction of sp³-hybridized carbons (Fsp3) is 0.250. The molecule has 7 nitrogen and oxygen atoms in total. The number of sulfonamides is 1. The lowest BCUT2D eigenvalue weighted by molar-refractivity contribution is 0.441. The number of rotatable bonds is 5. The Balaban J connectivity index is 2.27. The summed E-state index contributed by atoms with van der Waals surface area (Å²) in [6.07, 6.45) is 1.45. The zero-order chi connectivity index (χ0) is 14.8. The van der Waals surface area contributed by atoms with Crippen molar-refractivity contribution in [2.75, 3.05) is 5.43 Å². The maximum absolute atomic E-state index is 12.3. The van der Waals surface area contributed by atoms with Gasteiger partial charge in [0.2, 0.25) is 10.0 Å². The molecule has 1 atom stereocenters. The van der Waals surface area contributed by atoms with Crippen LogP contribution in [0, 0.1) is 6.92 Å². The van der Waals surface area contributed by atoms with Gasteiger partial charge in [0.25, 0.3) is 0 Å². The number of pyridine rings is 1. The van der Waals surface area contributed by atoms with Gasteiger partial charge < -0.3 is 9.84 Å². The van der Waals surface area contributed by atoms with E-state index in [4.69, 9.17) is 10.3 Å². The molecule has 0 fully saturated rings. The van der Waals surface area contributed by atoms with Gasteiger partial charge in [-0.3, -0.25) is 0 Å². The Hall–Kier alpha value is -1.90. The topological polar surface area (TPSA) is 110 Å². The fourth-order valence-corrected chi connectivity index (χ4v) is 3.09. The lowest BCUT2D eigenvalue weighted by atomic mass is 10.3. The van der Waals surface area contributed by atoms with Crippen molar-refractivity contribution in [3.05, 3.63) is 42.0 Å². The highest BCUT2D eigenvalue weighted by atomic mass is 32.2. The molecule has 0 saturated heterocycles. The van der Waals surface area contributed by atoms with Crippen LogP contribution in [0.5, 0.6) is 0 Å². The van der Waals surface area contributed by atoms with Gasteiger partial charge >= 0.3 is 0 Å². The molecular formula is C12H16N4O3S. The standard InChI is InChI=1S/C12H16N4O3S/c1-8-5-6-10(19-8)9(2)16-20(17,18)11-4-3-7-14-12(11)15-13/h3-7,9,16H,13H2,1-2H3,(H,14,15). The molecule has 20 heavy (non-hydrogen) atoms. The van der Waals surface area contributed by atoms with E-state index in [2.05, 4.69) is 15.1 Å². The van der Waals surface area contributed by atoms with Crippen molar-refractivity contribution in [2.24, 2.45) is 5.84 Å². The van der Waals surface area contributed by atoms with Crippen LogP contribution < -0.4 is 16.0 Å². The van der Waals surface area contributed by atoms with Crippen molar-refractivity contribution < 1.29 is 12.8 Å². The third-order valence-electron chi connectivity index (χ3n) is 2.72. The zero-order valence-corrected chi connectivity index (χ0v) is 11.9. The minimum Gasteiger partial charge on any atom is -0.465 e. The first-order valence-electron chi connectivity index (χ1n) is 5.94. The van der Waals surface area contributed by atoms with Crippen LogP contribution in [-0.2, 0) is 10.0 Å². The lowest BCUT2D eigenvalue weighted by Crippen LogP contribution is -2.28. The number of nitrogens with zero attached hydrogens (tertiary/aromatic N) is 1. The molecule has 8 heteroatoms. The van der Waals surface area contributed by atoms with Gasteiger partial charge in [0.15, 0.2) is 5.82 Å². The van der Waals surface area contributed by atoms with E-state index in [0.717, 1.165) is 5.76 Å². The first-order valence-corrected chi connectivity index (χ1v) is 7.42. The summed E-state index contributed by atoms with van der Waals surface area (Å²) in [6, 6.07) is 5.95. The van der Waals surface area contributed by atoms with Crippen LogP contribution in [0.15, 0.2) is 39.8 Å². The van der Waals surface area contributed by atoms with Crippen LogP contribution in [0.4, 0.5) is 5.82 Å². The van der Waals surface area contributed by atoms with E-state index in [0.29, 0.717) is 5.76 Å². The van der Waals surface area contributed by atoms with Crippen molar-refractivity contribution in [1.29, 1.82) is 0 Å². The number of nitrogens with two attached hydrogens (primary N) is 1. The highest BCUT2D eigenvalue weighted by Crippen LogP contribution is 2.21. The largest absolute Gasteiger partial charge is 0.465 e. The SMILES string of the molecule is Cc1ccc(C(C)NS(=O)(=O)c2cccnc2NN)o1. The summed E-state index contributed by atoms with van der Waals surface area (Å²) in [5, 5.41) is 0. The van der Waals surface area contributed by atoms with E-state index in [1.807, 2.05) is 0 Å². The van der Waals surface area contributed by atoms with E-state index >= 15 is 0 Å². The molecule has 0 bridgehead atoms. The lowest BCUT2D eigenvalue weighted by Gasteiger charge is -2.13. The predicted molar refractivity (Wildman–Crippen MR) is 74.2 cm³/mol. The monoisotopic (exact) mass is 296 g/mol. The fourth-order valence-electron chi connectivity index (χ4n) is 1.76. The molecule has 4 N–H and O–H groups in total. The van der Waals surface area contributed by atoms with Gasteiger partial charge in [0, 0.05) is 6.20 Å². The van der Waals surface area contributed by atoms with Gasteiger partial charge in [-0.05, 0) is 38.1 Å². The quantitative estimate of drug-likeness (QED) is 0.567. The third-order valence-corrected chi connectivity index (χ3v) is 4.29. The molecule has 0 radical (unpaired) electrons. The first kappa shape index (κ1) is 14.5. The number of furan rings is 1. The van der Waals surface area contributed by atoms with Gasteiger partial charge in [-0.2, -0.15) is 0 Å². The second kappa shape index (κ2) is 5.61. The predicted octanol–water partition coefficient (Wildman–Crippen LogP) is 1.31. The molecular weight excluding hydrogens is 280 g/mol. The molecule has 1 unspecified atom stereocenters. The number of anilines is 1. The number of hydrogen-bond donors (Lipinski definition) is 3. The Morgan fingerprint density at radius 2 is 2.10 bits per heavy atom. The highest BCUT2D eigenvalue weighted by molar-refractivity contribution is 7.89. The first-order chi connectivity index (χ1) is 9.44. The molecule has 2 aromatic heterocycles. The number of nitrogen functional groups attached to an aromatic ring is 1. The van der Waals surface area contributed by atoms with Crippen LogP contribution in [-0.4, -0.2) is 13.4 Å². The number of aryl methyl sites for hydroxylation is 1. The van der Waals surface area contributed by atoms with Crippen molar-refractivity contribution >= 4 is 15.8 Å². The number of nitrogens with one attached hydrogen (secondary N) is 2. The van der Waals surface area contributed by atoms with Crippen molar-refractivity contribution in [3.63, 3.8) is 0 Å². The van der Waals surface area contributed by atoms with E-state index in [9.17, 15) is 8.42 Å². The molecule has 2 aromatic rings. The molecule has 108 valence electrons. The molecule has 0 saturated carbocycles. The molecule has 0 amide bonds. The summed E-state index contributed by atoms with van der Waals surface area (Å²) in [5.41, 5.74) is 2.27. The molecule has 0 aliphatic rings. The Morgan fingerprint density at radius 3 is 2.70 bits per heavy atom. The minimum atomic E-state index is -3.76. The van der Waals surface area contributed by atoms with Gasteiger partial charge in [-0.15, -0.1) is 0 Å². The summed E-state index contributed by atoms with van der Waals surface area (Å²) in [5.74, 6) is 6.61. The Morgan fingerprint density at radius 1 is 1.35 bits per heavy atom. The van der Waals surface area contributed by atoms with Crippen LogP contribution >= 0.6 is 0 Å². The van der Waals surface area contributed by atoms with Crippen LogP contribution in [0.3, 0.4) is 0 Å². The normalized spacial score (nSPS) is 13.2. The second-order valence-electron chi connectivity index (χ2n) is 4.29. The average molecular weight is 296 g/mol. The third kappa shape index (κ3) is 2.98. The number of aromatic nitrogens is 1. The molecule has 0 aliphatic carbocycles. The Kier molecular flexibility index (Phi) is 4.07. The van der Waals surface area contributed by atoms with Crippen LogP contribution in [0.2, 0.25) is 0 Å². The van der Waals surface area contributed by atoms with Crippen molar-refractivity contribution in [3.8, 4) is 0 Å². The summed E-state index contributed by atoms with van der Waals surface area (Å²) < 4.78 is 32.5. The van der Waals surface area contributed by atoms with Crippen molar-refractivity contribution in [2.45, 2.75) is 24.8 Å². The summed E-state index contributed by atoms with van der Waals surface area (Å²) in [4.78, 5) is 3.85. The van der Waals surface area contributed by atoms with Crippen LogP contribution in [0.1, 0.15) is 24.5 Å². The average Bonchev–Trinajstić information content (AvgIpc) is 2.85. The maximum Gasteiger partial charge on any atom is 0.244 e. The minimum absolute atomic E-state index is 0.0161. The van der Waals surface area contributed by atoms with Crippen molar-refractivity contribution in [1.82, 2.24) is 9.71 Å². The highest BCUT2D eigenvalue weighted by Gasteiger charge is 2.23. The number of hydrogen-bond acceptors (Lipinski definition) is 6. The maximum atomic E-state index is 12.3. The van der Waals surface area contributed by atoms with E-state index in [1.54, 1.807) is 26.0 Å². The Labute approximate surface area is 117 Å². The summed E-state index contributed by atoms with van der Waals surface area (Å²) >= 11 is 0. The van der Waals surface area contributed by atoms with Gasteiger partial charge in [-0.1, -0.05) is 0 Å². The molecule has 0 aromatic carbocycles. The summed E-state index contributed by atoms with van der Waals surface area (Å²) in [6.45, 7) is 3.49. The smallest absolute Gasteiger partial charge is 0.244 e. The zero-order valence-electron chi connectivity index (χ0n) is 11.1. The Bertz CT molecular complexity index is 696. The van der Waals surface area contributed by atoms with E-state index < -0.39 is 16.1 Å². The van der Waals surface area contributed by atoms with Gasteiger partial charge in [-0.25, -0.2) is 24.0 Å². The number of hydrazine groups is 1. The summed E-state index contributed by atoms with van der Waals surface area (Å²) in [7, 11) is -3.76. The molecule has 0 aliphatic heterocycles. The molecule has 2 heterocycles. The van der Waals surface area contributed by atoms with Gasteiger partial charge in [0.1, 0.15) is 16.4 Å². The van der Waals surface area contributed by atoms with Gasteiger partial charge in [0.05, 0.1) is 6.04 Å². The second-order valence-corrected chi connectivity index (χ2v) is 5.97. The molecule has 0 spiro atoms. The van der Waals surface area contributed by atoms with Crippen LogP contribution in [0.25, 0.3) is 0 Å². The van der Waals surface area contributed by atoms with E-state index in [-0.39, 0.29) is 10.7 Å². The van der Waals surface area contributed by atoms with E-state index in [1.165, 1.54) is 18.3 Å².